The molecule has 0 unspecified atom stereocenters. The van der Waals surface area contributed by atoms with Gasteiger partial charge in [-0.1, -0.05) is 66.5 Å². The highest BCUT2D eigenvalue weighted by atomic mass is 79.9. The fourth-order valence-corrected chi connectivity index (χ4v) is 4.51. The highest BCUT2D eigenvalue weighted by Gasteiger charge is 2.28. The monoisotopic (exact) mass is 564 g/mol. The summed E-state index contributed by atoms with van der Waals surface area (Å²) < 4.78 is 6.65. The first-order chi connectivity index (χ1) is 16.2. The third-order valence-corrected chi connectivity index (χ3v) is 7.11. The number of hydrogen-bond donors (Lipinski definition) is 1. The summed E-state index contributed by atoms with van der Waals surface area (Å²) in [6.45, 7) is 5.52. The first-order valence-electron chi connectivity index (χ1n) is 11.0. The summed E-state index contributed by atoms with van der Waals surface area (Å²) in [6, 6.07) is 16.0. The highest BCUT2D eigenvalue weighted by Crippen LogP contribution is 2.33. The molecule has 0 saturated heterocycles. The summed E-state index contributed by atoms with van der Waals surface area (Å²) in [6.07, 6.45) is 0.786. The Morgan fingerprint density at radius 3 is 2.53 bits per heavy atom. The van der Waals surface area contributed by atoms with E-state index in [0.29, 0.717) is 21.4 Å². The Balaban J connectivity index is 1.82. The molecule has 0 bridgehead atoms. The average molecular weight is 566 g/mol. The average Bonchev–Trinajstić information content (AvgIpc) is 2.82. The summed E-state index contributed by atoms with van der Waals surface area (Å²) in [7, 11) is 0. The third-order valence-electron chi connectivity index (χ3n) is 5.70. The van der Waals surface area contributed by atoms with Crippen LogP contribution in [0, 0.1) is 0 Å². The lowest BCUT2D eigenvalue weighted by atomic mass is 10.1. The van der Waals surface area contributed by atoms with Crippen LogP contribution < -0.4 is 10.1 Å². The maximum Gasteiger partial charge on any atom is 0.261 e. The van der Waals surface area contributed by atoms with Crippen molar-refractivity contribution in [2.75, 3.05) is 6.61 Å². The van der Waals surface area contributed by atoms with Gasteiger partial charge in [-0.15, -0.1) is 0 Å². The molecule has 180 valence electrons. The second-order valence-corrected chi connectivity index (χ2v) is 9.78. The molecule has 34 heavy (non-hydrogen) atoms. The van der Waals surface area contributed by atoms with Crippen molar-refractivity contribution in [1.29, 1.82) is 0 Å². The summed E-state index contributed by atoms with van der Waals surface area (Å²) in [5, 5.41) is 5.91. The van der Waals surface area contributed by atoms with E-state index in [9.17, 15) is 9.59 Å². The van der Waals surface area contributed by atoms with Crippen molar-refractivity contribution in [3.05, 3.63) is 74.7 Å². The van der Waals surface area contributed by atoms with E-state index in [2.05, 4.69) is 21.2 Å². The number of ether oxygens (including phenoxy) is 1. The van der Waals surface area contributed by atoms with Gasteiger partial charge < -0.3 is 15.0 Å². The van der Waals surface area contributed by atoms with Crippen molar-refractivity contribution in [2.45, 2.75) is 45.8 Å². The molecule has 2 amide bonds. The second-order valence-electron chi connectivity index (χ2n) is 8.14. The molecule has 0 aliphatic rings. The van der Waals surface area contributed by atoms with Gasteiger partial charge in [0.2, 0.25) is 5.91 Å². The number of halogens is 3. The van der Waals surface area contributed by atoms with Gasteiger partial charge in [0.1, 0.15) is 11.8 Å². The molecular formula is C26H27BrCl2N2O3. The molecule has 0 saturated carbocycles. The van der Waals surface area contributed by atoms with Gasteiger partial charge in [0, 0.05) is 22.6 Å². The lowest BCUT2D eigenvalue weighted by molar-refractivity contribution is -0.142. The standard InChI is InChI=1S/C26H27BrCl2N2O3/c1-4-16(2)30-26(33)17(3)31(14-19-9-11-20(28)13-22(19)29)24(32)15-34-23-12-10-18-7-5-6-8-21(18)25(23)27/h5-13,16-17H,4,14-15H2,1-3H3,(H,30,33)/t16-,17+/m0/s1. The predicted octanol–water partition coefficient (Wildman–Crippen LogP) is 6.62. The van der Waals surface area contributed by atoms with Gasteiger partial charge in [-0.25, -0.2) is 0 Å². The molecule has 2 atom stereocenters. The van der Waals surface area contributed by atoms with Gasteiger partial charge in [0.05, 0.1) is 4.47 Å². The molecular weight excluding hydrogens is 539 g/mol. The summed E-state index contributed by atoms with van der Waals surface area (Å²) in [5.41, 5.74) is 0.689. The van der Waals surface area contributed by atoms with Gasteiger partial charge in [-0.2, -0.15) is 0 Å². The zero-order valence-corrected chi connectivity index (χ0v) is 22.4. The molecule has 0 radical (unpaired) electrons. The number of carbonyl (C=O) groups is 2. The van der Waals surface area contributed by atoms with E-state index >= 15 is 0 Å². The van der Waals surface area contributed by atoms with Crippen molar-refractivity contribution < 1.29 is 14.3 Å². The topological polar surface area (TPSA) is 58.6 Å². The molecule has 0 aromatic heterocycles. The number of amides is 2. The lowest BCUT2D eigenvalue weighted by Gasteiger charge is -2.30. The number of benzene rings is 3. The Morgan fingerprint density at radius 2 is 1.82 bits per heavy atom. The SMILES string of the molecule is CC[C@H](C)NC(=O)[C@@H](C)N(Cc1ccc(Cl)cc1Cl)C(=O)COc1ccc2ccccc2c1Br. The summed E-state index contributed by atoms with van der Waals surface area (Å²) in [5.74, 6) is -0.0224. The highest BCUT2D eigenvalue weighted by molar-refractivity contribution is 9.10. The van der Waals surface area contributed by atoms with Crippen LogP contribution in [-0.2, 0) is 16.1 Å². The van der Waals surface area contributed by atoms with Gasteiger partial charge in [-0.3, -0.25) is 9.59 Å². The minimum Gasteiger partial charge on any atom is -0.483 e. The zero-order chi connectivity index (χ0) is 24.8. The van der Waals surface area contributed by atoms with E-state index in [1.165, 1.54) is 4.90 Å². The molecule has 0 spiro atoms. The number of nitrogens with one attached hydrogen (secondary N) is 1. The van der Waals surface area contributed by atoms with Crippen molar-refractivity contribution in [3.8, 4) is 5.75 Å². The van der Waals surface area contributed by atoms with E-state index in [1.54, 1.807) is 25.1 Å². The molecule has 3 rings (SSSR count). The van der Waals surface area contributed by atoms with Gasteiger partial charge in [0.25, 0.3) is 5.91 Å². The van der Waals surface area contributed by atoms with E-state index in [0.717, 1.165) is 21.7 Å². The number of carbonyl (C=O) groups excluding carboxylic acids is 2. The normalized spacial score (nSPS) is 12.8. The fraction of sp³-hybridized carbons (Fsp3) is 0.308. The molecule has 0 aliphatic carbocycles. The fourth-order valence-electron chi connectivity index (χ4n) is 3.43. The van der Waals surface area contributed by atoms with Crippen LogP contribution in [0.3, 0.4) is 0 Å². The van der Waals surface area contributed by atoms with Crippen molar-refractivity contribution in [3.63, 3.8) is 0 Å². The first-order valence-corrected chi connectivity index (χ1v) is 12.6. The van der Waals surface area contributed by atoms with E-state index < -0.39 is 6.04 Å². The van der Waals surface area contributed by atoms with Gasteiger partial charge in [0.15, 0.2) is 6.61 Å². The Bertz CT molecular complexity index is 1190. The number of rotatable bonds is 9. The minimum absolute atomic E-state index is 0.00386. The molecule has 0 aliphatic heterocycles. The van der Waals surface area contributed by atoms with Crippen LogP contribution in [0.1, 0.15) is 32.8 Å². The van der Waals surface area contributed by atoms with Crippen LogP contribution in [0.2, 0.25) is 10.0 Å². The molecule has 3 aromatic rings. The van der Waals surface area contributed by atoms with Crippen LogP contribution in [0.25, 0.3) is 10.8 Å². The molecule has 3 aromatic carbocycles. The van der Waals surface area contributed by atoms with Crippen LogP contribution >= 0.6 is 39.1 Å². The van der Waals surface area contributed by atoms with Gasteiger partial charge in [-0.05, 0) is 70.7 Å². The molecule has 0 fully saturated rings. The van der Waals surface area contributed by atoms with Crippen molar-refractivity contribution in [2.24, 2.45) is 0 Å². The Kier molecular flexibility index (Phi) is 9.23. The second kappa shape index (κ2) is 11.9. The van der Waals surface area contributed by atoms with Gasteiger partial charge >= 0.3 is 0 Å². The Hall–Kier alpha value is -2.28. The maximum atomic E-state index is 13.3. The van der Waals surface area contributed by atoms with Crippen molar-refractivity contribution >= 4 is 61.7 Å². The summed E-state index contributed by atoms with van der Waals surface area (Å²) in [4.78, 5) is 27.6. The smallest absolute Gasteiger partial charge is 0.261 e. The van der Waals surface area contributed by atoms with E-state index in [-0.39, 0.29) is 31.0 Å². The summed E-state index contributed by atoms with van der Waals surface area (Å²) >= 11 is 16.0. The molecule has 5 nitrogen and oxygen atoms in total. The third kappa shape index (κ3) is 6.44. The Morgan fingerprint density at radius 1 is 1.09 bits per heavy atom. The Labute approximate surface area is 218 Å². The quantitative estimate of drug-likeness (QED) is 0.317. The molecule has 8 heteroatoms. The lowest BCUT2D eigenvalue weighted by Crippen LogP contribution is -2.50. The van der Waals surface area contributed by atoms with Crippen LogP contribution in [0.4, 0.5) is 0 Å². The first kappa shape index (κ1) is 26.3. The number of nitrogens with zero attached hydrogens (tertiary/aromatic N) is 1. The molecule has 1 N–H and O–H groups in total. The van der Waals surface area contributed by atoms with Crippen LogP contribution in [0.15, 0.2) is 59.1 Å². The minimum atomic E-state index is -0.725. The number of hydrogen-bond acceptors (Lipinski definition) is 3. The maximum absolute atomic E-state index is 13.3. The number of fused-ring (bicyclic) bond motifs is 1. The van der Waals surface area contributed by atoms with Crippen LogP contribution in [0.5, 0.6) is 5.75 Å². The predicted molar refractivity (Wildman–Crippen MR) is 142 cm³/mol. The van der Waals surface area contributed by atoms with E-state index in [4.69, 9.17) is 27.9 Å². The zero-order valence-electron chi connectivity index (χ0n) is 19.3. The van der Waals surface area contributed by atoms with Crippen molar-refractivity contribution in [1.82, 2.24) is 10.2 Å². The largest absolute Gasteiger partial charge is 0.483 e. The molecule has 0 heterocycles. The van der Waals surface area contributed by atoms with Crippen LogP contribution in [-0.4, -0.2) is 35.4 Å². The van der Waals surface area contributed by atoms with E-state index in [1.807, 2.05) is 50.2 Å².